The van der Waals surface area contributed by atoms with E-state index in [2.05, 4.69) is 6.92 Å². The zero-order valence-corrected chi connectivity index (χ0v) is 14.4. The van der Waals surface area contributed by atoms with Gasteiger partial charge in [0, 0.05) is 11.3 Å². The summed E-state index contributed by atoms with van der Waals surface area (Å²) in [4.78, 5) is 0. The summed E-state index contributed by atoms with van der Waals surface area (Å²) < 4.78 is 11.4. The molecule has 22 heavy (non-hydrogen) atoms. The van der Waals surface area contributed by atoms with E-state index in [4.69, 9.17) is 32.7 Å². The molecule has 0 spiro atoms. The molecule has 0 bridgehead atoms. The van der Waals surface area contributed by atoms with E-state index < -0.39 is 0 Å². The molecule has 0 saturated heterocycles. The molecule has 0 N–H and O–H groups in total. The molecule has 2 aromatic rings. The maximum atomic E-state index is 6.45. The summed E-state index contributed by atoms with van der Waals surface area (Å²) in [5, 5.41) is 2.72. The van der Waals surface area contributed by atoms with Gasteiger partial charge in [0.15, 0.2) is 0 Å². The van der Waals surface area contributed by atoms with Gasteiger partial charge in [-0.3, -0.25) is 0 Å². The second kappa shape index (κ2) is 9.12. The highest BCUT2D eigenvalue weighted by molar-refractivity contribution is 6.37. The van der Waals surface area contributed by atoms with Crippen LogP contribution in [0.4, 0.5) is 0 Å². The van der Waals surface area contributed by atoms with Gasteiger partial charge in [0.1, 0.15) is 11.5 Å². The summed E-state index contributed by atoms with van der Waals surface area (Å²) in [5.74, 6) is 2.32. The molecule has 0 fully saturated rings. The predicted molar refractivity (Wildman–Crippen MR) is 94.8 cm³/mol. The van der Waals surface area contributed by atoms with Gasteiger partial charge in [0.2, 0.25) is 0 Å². The van der Waals surface area contributed by atoms with Gasteiger partial charge >= 0.3 is 0 Å². The van der Waals surface area contributed by atoms with Crippen molar-refractivity contribution in [3.05, 3.63) is 35.4 Å². The van der Waals surface area contributed by atoms with E-state index >= 15 is 0 Å². The number of hydrogen-bond acceptors (Lipinski definition) is 2. The van der Waals surface area contributed by atoms with Crippen molar-refractivity contribution in [3.63, 3.8) is 0 Å². The number of unbranched alkanes of at least 4 members (excludes halogenated alkanes) is 2. The number of fused-ring (bicyclic) bond motifs is 1. The molecule has 0 heterocycles. The van der Waals surface area contributed by atoms with Gasteiger partial charge in [0.05, 0.1) is 18.2 Å². The van der Waals surface area contributed by atoms with Crippen LogP contribution in [-0.2, 0) is 0 Å². The monoisotopic (exact) mass is 340 g/mol. The Labute approximate surface area is 142 Å². The number of benzene rings is 2. The third-order valence-corrected chi connectivity index (χ3v) is 4.06. The number of alkyl halides is 1. The quantitative estimate of drug-likeness (QED) is 0.407. The molecule has 0 radical (unpaired) electrons. The molecule has 120 valence electrons. The minimum absolute atomic E-state index is 0.664. The van der Waals surface area contributed by atoms with Gasteiger partial charge in [-0.25, -0.2) is 0 Å². The Morgan fingerprint density at radius 3 is 2.59 bits per heavy atom. The van der Waals surface area contributed by atoms with Crippen molar-refractivity contribution in [2.24, 2.45) is 0 Å². The van der Waals surface area contributed by atoms with Crippen molar-refractivity contribution < 1.29 is 9.47 Å². The lowest BCUT2D eigenvalue weighted by molar-refractivity contribution is 0.307. The molecule has 0 unspecified atom stereocenters. The smallest absolute Gasteiger partial charge is 0.138 e. The van der Waals surface area contributed by atoms with E-state index in [1.165, 1.54) is 0 Å². The summed E-state index contributed by atoms with van der Waals surface area (Å²) in [6, 6.07) is 9.90. The second-order valence-corrected chi connectivity index (χ2v) is 5.96. The van der Waals surface area contributed by atoms with E-state index in [1.807, 2.05) is 30.3 Å². The highest BCUT2D eigenvalue weighted by Crippen LogP contribution is 2.34. The number of rotatable bonds is 9. The summed E-state index contributed by atoms with van der Waals surface area (Å²) >= 11 is 12.1. The number of hydrogen-bond donors (Lipinski definition) is 0. The van der Waals surface area contributed by atoms with Gasteiger partial charge in [-0.15, -0.1) is 11.6 Å². The molecule has 2 nitrogen and oxygen atoms in total. The fraction of sp³-hybridized carbons (Fsp3) is 0.444. The normalized spacial score (nSPS) is 10.9. The standard InChI is InChI=1S/C18H22Cl2O2/c1-2-11-21-15-7-8-16-14(13-15)6-9-17(18(16)20)22-12-5-3-4-10-19/h6-9,13H,2-5,10-12H2,1H3. The molecule has 2 aromatic carbocycles. The molecule has 4 heteroatoms. The first kappa shape index (κ1) is 17.2. The lowest BCUT2D eigenvalue weighted by Crippen LogP contribution is -1.98. The van der Waals surface area contributed by atoms with Gasteiger partial charge in [-0.05, 0) is 55.3 Å². The Morgan fingerprint density at radius 2 is 1.82 bits per heavy atom. The van der Waals surface area contributed by atoms with Crippen LogP contribution in [0.5, 0.6) is 11.5 Å². The van der Waals surface area contributed by atoms with E-state index in [-0.39, 0.29) is 0 Å². The molecule has 2 rings (SSSR count). The van der Waals surface area contributed by atoms with Crippen LogP contribution in [0, 0.1) is 0 Å². The van der Waals surface area contributed by atoms with Gasteiger partial charge in [-0.1, -0.05) is 24.6 Å². The highest BCUT2D eigenvalue weighted by Gasteiger charge is 2.08. The summed E-state index contributed by atoms with van der Waals surface area (Å²) in [6.07, 6.45) is 4.09. The van der Waals surface area contributed by atoms with Crippen LogP contribution in [0.2, 0.25) is 5.02 Å². The van der Waals surface area contributed by atoms with E-state index in [0.29, 0.717) is 17.5 Å². The fourth-order valence-electron chi connectivity index (χ4n) is 2.23. The Morgan fingerprint density at radius 1 is 0.955 bits per heavy atom. The zero-order valence-electron chi connectivity index (χ0n) is 12.9. The SMILES string of the molecule is CCCOc1ccc2c(Cl)c(OCCCCCCl)ccc2c1. The molecule has 0 aliphatic heterocycles. The maximum Gasteiger partial charge on any atom is 0.138 e. The summed E-state index contributed by atoms with van der Waals surface area (Å²) in [7, 11) is 0. The van der Waals surface area contributed by atoms with Gasteiger partial charge < -0.3 is 9.47 Å². The minimum Gasteiger partial charge on any atom is -0.494 e. The minimum atomic E-state index is 0.664. The molecule has 0 atom stereocenters. The topological polar surface area (TPSA) is 18.5 Å². The third-order valence-electron chi connectivity index (χ3n) is 3.40. The maximum absolute atomic E-state index is 6.45. The Balaban J connectivity index is 2.06. The largest absolute Gasteiger partial charge is 0.494 e. The van der Waals surface area contributed by atoms with Crippen LogP contribution in [0.15, 0.2) is 30.3 Å². The fourth-order valence-corrected chi connectivity index (χ4v) is 2.71. The first-order valence-corrected chi connectivity index (χ1v) is 8.71. The van der Waals surface area contributed by atoms with Crippen LogP contribution in [0.3, 0.4) is 0 Å². The Bertz CT molecular complexity index is 599. The average Bonchev–Trinajstić information content (AvgIpc) is 2.54. The molecule has 0 aromatic heterocycles. The zero-order chi connectivity index (χ0) is 15.8. The molecular weight excluding hydrogens is 319 g/mol. The van der Waals surface area contributed by atoms with Gasteiger partial charge in [0.25, 0.3) is 0 Å². The van der Waals surface area contributed by atoms with Crippen LogP contribution in [0.1, 0.15) is 32.6 Å². The van der Waals surface area contributed by atoms with Crippen molar-refractivity contribution >= 4 is 34.0 Å². The van der Waals surface area contributed by atoms with Crippen molar-refractivity contribution in [1.82, 2.24) is 0 Å². The number of ether oxygens (including phenoxy) is 2. The predicted octanol–water partition coefficient (Wildman–Crippen LogP) is 6.07. The first-order valence-electron chi connectivity index (χ1n) is 7.80. The van der Waals surface area contributed by atoms with Gasteiger partial charge in [-0.2, -0.15) is 0 Å². The Hall–Kier alpha value is -1.12. The summed E-state index contributed by atoms with van der Waals surface area (Å²) in [6.45, 7) is 3.48. The van der Waals surface area contributed by atoms with Crippen LogP contribution in [0.25, 0.3) is 10.8 Å². The van der Waals surface area contributed by atoms with Crippen LogP contribution in [-0.4, -0.2) is 19.1 Å². The van der Waals surface area contributed by atoms with Crippen LogP contribution >= 0.6 is 23.2 Å². The third kappa shape index (κ3) is 4.69. The van der Waals surface area contributed by atoms with Crippen molar-refractivity contribution in [2.75, 3.05) is 19.1 Å². The lowest BCUT2D eigenvalue weighted by Gasteiger charge is -2.11. The average molecular weight is 341 g/mol. The lowest BCUT2D eigenvalue weighted by atomic mass is 10.1. The highest BCUT2D eigenvalue weighted by atomic mass is 35.5. The molecule has 0 saturated carbocycles. The van der Waals surface area contributed by atoms with Crippen LogP contribution < -0.4 is 9.47 Å². The molecular formula is C18H22Cl2O2. The number of halogens is 2. The Kier molecular flexibility index (Phi) is 7.14. The van der Waals surface area contributed by atoms with E-state index in [0.717, 1.165) is 54.6 Å². The second-order valence-electron chi connectivity index (χ2n) is 5.21. The van der Waals surface area contributed by atoms with E-state index in [1.54, 1.807) is 0 Å². The summed E-state index contributed by atoms with van der Waals surface area (Å²) in [5.41, 5.74) is 0. The van der Waals surface area contributed by atoms with E-state index in [9.17, 15) is 0 Å². The molecule has 0 aliphatic carbocycles. The van der Waals surface area contributed by atoms with Crippen molar-refractivity contribution in [1.29, 1.82) is 0 Å². The molecule has 0 aliphatic rings. The molecule has 0 amide bonds. The van der Waals surface area contributed by atoms with Crippen molar-refractivity contribution in [2.45, 2.75) is 32.6 Å². The van der Waals surface area contributed by atoms with Crippen molar-refractivity contribution in [3.8, 4) is 11.5 Å². The first-order chi connectivity index (χ1) is 10.8.